The maximum atomic E-state index is 9.70. The van der Waals surface area contributed by atoms with Gasteiger partial charge in [-0.05, 0) is 36.1 Å². The zero-order chi connectivity index (χ0) is 17.5. The lowest BCUT2D eigenvalue weighted by atomic mass is 9.91. The first-order valence-corrected chi connectivity index (χ1v) is 7.94. The molecule has 0 saturated carbocycles. The topological polar surface area (TPSA) is 51.5 Å². The molecular weight excluding hydrogens is 302 g/mol. The Labute approximate surface area is 143 Å². The minimum Gasteiger partial charge on any atom is -0.497 e. The second-order valence-electron chi connectivity index (χ2n) is 5.49. The molecule has 4 heteroatoms. The Morgan fingerprint density at radius 3 is 2.29 bits per heavy atom. The molecule has 0 aliphatic rings. The van der Waals surface area contributed by atoms with Crippen LogP contribution in [0, 0.1) is 11.3 Å². The Hall–Kier alpha value is -2.67. The van der Waals surface area contributed by atoms with Crippen LogP contribution in [0.2, 0.25) is 0 Å². The van der Waals surface area contributed by atoms with Crippen LogP contribution in [0.1, 0.15) is 29.5 Å². The summed E-state index contributed by atoms with van der Waals surface area (Å²) < 4.78 is 16.1. The predicted octanol–water partition coefficient (Wildman–Crippen LogP) is 4.12. The average Bonchev–Trinajstić information content (AvgIpc) is 2.65. The van der Waals surface area contributed by atoms with E-state index in [0.717, 1.165) is 23.3 Å². The van der Waals surface area contributed by atoms with Gasteiger partial charge < -0.3 is 14.2 Å². The molecular formula is C20H23NO3. The number of hydrogen-bond donors (Lipinski definition) is 0. The standard InChI is InChI=1S/C20H23NO3/c1-5-14-6-9-19(23-3)15(10-14)11-16(13-21)18-8-7-17(22-2)12-20(18)24-4/h6-10,12,16H,5,11H2,1-4H3. The van der Waals surface area contributed by atoms with Crippen molar-refractivity contribution < 1.29 is 14.2 Å². The smallest absolute Gasteiger partial charge is 0.127 e. The molecule has 0 N–H and O–H groups in total. The normalized spacial score (nSPS) is 11.5. The van der Waals surface area contributed by atoms with Crippen molar-refractivity contribution in [1.29, 1.82) is 5.26 Å². The van der Waals surface area contributed by atoms with Crippen molar-refractivity contribution in [3.8, 4) is 23.3 Å². The van der Waals surface area contributed by atoms with Gasteiger partial charge in [-0.3, -0.25) is 0 Å². The molecule has 0 spiro atoms. The first kappa shape index (κ1) is 17.7. The molecule has 1 unspecified atom stereocenters. The third-order valence-corrected chi connectivity index (χ3v) is 4.15. The van der Waals surface area contributed by atoms with Crippen molar-refractivity contribution in [3.63, 3.8) is 0 Å². The van der Waals surface area contributed by atoms with Gasteiger partial charge in [-0.1, -0.05) is 25.1 Å². The van der Waals surface area contributed by atoms with E-state index in [-0.39, 0.29) is 5.92 Å². The van der Waals surface area contributed by atoms with Crippen LogP contribution in [-0.4, -0.2) is 21.3 Å². The highest BCUT2D eigenvalue weighted by molar-refractivity contribution is 5.47. The summed E-state index contributed by atoms with van der Waals surface area (Å²) in [6, 6.07) is 14.1. The number of aryl methyl sites for hydroxylation is 1. The van der Waals surface area contributed by atoms with E-state index in [0.29, 0.717) is 17.9 Å². The third-order valence-electron chi connectivity index (χ3n) is 4.15. The zero-order valence-corrected chi connectivity index (χ0v) is 14.6. The number of nitriles is 1. The second kappa shape index (κ2) is 8.26. The van der Waals surface area contributed by atoms with Gasteiger partial charge in [0.15, 0.2) is 0 Å². The lowest BCUT2D eigenvalue weighted by Gasteiger charge is -2.17. The SMILES string of the molecule is CCc1ccc(OC)c(CC(C#N)c2ccc(OC)cc2OC)c1. The first-order chi connectivity index (χ1) is 11.7. The van der Waals surface area contributed by atoms with Gasteiger partial charge in [0, 0.05) is 11.6 Å². The fraction of sp³-hybridized carbons (Fsp3) is 0.350. The number of hydrogen-bond acceptors (Lipinski definition) is 4. The molecule has 0 aromatic heterocycles. The van der Waals surface area contributed by atoms with E-state index >= 15 is 0 Å². The van der Waals surface area contributed by atoms with Crippen LogP contribution in [-0.2, 0) is 12.8 Å². The fourth-order valence-electron chi connectivity index (χ4n) is 2.76. The largest absolute Gasteiger partial charge is 0.497 e. The number of methoxy groups -OCH3 is 3. The van der Waals surface area contributed by atoms with Gasteiger partial charge in [-0.2, -0.15) is 5.26 Å². The second-order valence-corrected chi connectivity index (χ2v) is 5.49. The highest BCUT2D eigenvalue weighted by Gasteiger charge is 2.19. The summed E-state index contributed by atoms with van der Waals surface area (Å²) in [4.78, 5) is 0. The summed E-state index contributed by atoms with van der Waals surface area (Å²) in [7, 11) is 4.86. The number of nitrogens with zero attached hydrogens (tertiary/aromatic N) is 1. The Bertz CT molecular complexity index is 734. The molecule has 1 atom stereocenters. The van der Waals surface area contributed by atoms with Gasteiger partial charge in [-0.25, -0.2) is 0 Å². The van der Waals surface area contributed by atoms with Gasteiger partial charge in [0.05, 0.1) is 33.3 Å². The van der Waals surface area contributed by atoms with Crippen LogP contribution in [0.15, 0.2) is 36.4 Å². The van der Waals surface area contributed by atoms with E-state index < -0.39 is 0 Å². The molecule has 126 valence electrons. The van der Waals surface area contributed by atoms with Gasteiger partial charge in [-0.15, -0.1) is 0 Å². The Morgan fingerprint density at radius 1 is 0.958 bits per heavy atom. The van der Waals surface area contributed by atoms with Crippen LogP contribution in [0.4, 0.5) is 0 Å². The van der Waals surface area contributed by atoms with Gasteiger partial charge in [0.1, 0.15) is 17.2 Å². The first-order valence-electron chi connectivity index (χ1n) is 7.94. The number of ether oxygens (including phenoxy) is 3. The molecule has 2 aromatic carbocycles. The van der Waals surface area contributed by atoms with Crippen molar-refractivity contribution in [2.45, 2.75) is 25.7 Å². The van der Waals surface area contributed by atoms with Crippen LogP contribution < -0.4 is 14.2 Å². The van der Waals surface area contributed by atoms with Crippen LogP contribution in [0.5, 0.6) is 17.2 Å². The summed E-state index contributed by atoms with van der Waals surface area (Å²) in [6.07, 6.45) is 1.51. The number of rotatable bonds is 7. The van der Waals surface area contributed by atoms with Crippen LogP contribution in [0.25, 0.3) is 0 Å². The highest BCUT2D eigenvalue weighted by atomic mass is 16.5. The van der Waals surface area contributed by atoms with Crippen molar-refractivity contribution in [3.05, 3.63) is 53.1 Å². The molecule has 4 nitrogen and oxygen atoms in total. The van der Waals surface area contributed by atoms with Gasteiger partial charge in [0.2, 0.25) is 0 Å². The predicted molar refractivity (Wildman–Crippen MR) is 94.0 cm³/mol. The van der Waals surface area contributed by atoms with E-state index in [4.69, 9.17) is 14.2 Å². The van der Waals surface area contributed by atoms with Gasteiger partial charge in [0.25, 0.3) is 0 Å². The maximum Gasteiger partial charge on any atom is 0.127 e. The van der Waals surface area contributed by atoms with Crippen molar-refractivity contribution >= 4 is 0 Å². The molecule has 0 bridgehead atoms. The molecule has 2 aromatic rings. The Morgan fingerprint density at radius 2 is 1.71 bits per heavy atom. The lowest BCUT2D eigenvalue weighted by molar-refractivity contribution is 0.389. The lowest BCUT2D eigenvalue weighted by Crippen LogP contribution is -2.05. The molecule has 2 rings (SSSR count). The van der Waals surface area contributed by atoms with E-state index in [1.807, 2.05) is 18.2 Å². The molecule has 24 heavy (non-hydrogen) atoms. The molecule has 0 aliphatic carbocycles. The summed E-state index contributed by atoms with van der Waals surface area (Å²) in [6.45, 7) is 2.11. The summed E-state index contributed by atoms with van der Waals surface area (Å²) in [5.41, 5.74) is 3.11. The Balaban J connectivity index is 2.39. The van der Waals surface area contributed by atoms with Gasteiger partial charge >= 0.3 is 0 Å². The molecule has 0 aliphatic heterocycles. The molecule has 0 fully saturated rings. The van der Waals surface area contributed by atoms with E-state index in [1.54, 1.807) is 27.4 Å². The highest BCUT2D eigenvalue weighted by Crippen LogP contribution is 2.34. The van der Waals surface area contributed by atoms with E-state index in [9.17, 15) is 5.26 Å². The molecule has 0 radical (unpaired) electrons. The van der Waals surface area contributed by atoms with Crippen molar-refractivity contribution in [2.75, 3.05) is 21.3 Å². The quantitative estimate of drug-likeness (QED) is 0.768. The summed E-state index contributed by atoms with van der Waals surface area (Å²) in [5, 5.41) is 9.70. The zero-order valence-electron chi connectivity index (χ0n) is 14.6. The minimum absolute atomic E-state index is 0.327. The fourth-order valence-corrected chi connectivity index (χ4v) is 2.76. The third kappa shape index (κ3) is 3.80. The molecule has 0 heterocycles. The van der Waals surface area contributed by atoms with Crippen LogP contribution in [0.3, 0.4) is 0 Å². The van der Waals surface area contributed by atoms with Crippen LogP contribution >= 0.6 is 0 Å². The Kier molecular flexibility index (Phi) is 6.08. The average molecular weight is 325 g/mol. The summed E-state index contributed by atoms with van der Waals surface area (Å²) >= 11 is 0. The molecule has 0 amide bonds. The van der Waals surface area contributed by atoms with E-state index in [1.165, 1.54) is 5.56 Å². The van der Waals surface area contributed by atoms with Crippen molar-refractivity contribution in [2.24, 2.45) is 0 Å². The number of benzene rings is 2. The maximum absolute atomic E-state index is 9.70. The van der Waals surface area contributed by atoms with E-state index in [2.05, 4.69) is 25.1 Å². The monoisotopic (exact) mass is 325 g/mol. The molecule has 0 saturated heterocycles. The summed E-state index contributed by atoms with van der Waals surface area (Å²) in [5.74, 6) is 1.84. The minimum atomic E-state index is -0.327. The van der Waals surface area contributed by atoms with Crippen molar-refractivity contribution in [1.82, 2.24) is 0 Å².